The summed E-state index contributed by atoms with van der Waals surface area (Å²) in [6, 6.07) is 35.1. The molecule has 0 saturated heterocycles. The van der Waals surface area contributed by atoms with Crippen LogP contribution in [0.2, 0.25) is 0 Å². The summed E-state index contributed by atoms with van der Waals surface area (Å²) < 4.78 is 0. The van der Waals surface area contributed by atoms with E-state index in [9.17, 15) is 0 Å². The van der Waals surface area contributed by atoms with Gasteiger partial charge in [-0.25, -0.2) is 0 Å². The highest BCUT2D eigenvalue weighted by molar-refractivity contribution is 5.82. The highest BCUT2D eigenvalue weighted by Gasteiger charge is 2.41. The highest BCUT2D eigenvalue weighted by atomic mass is 14.4. The van der Waals surface area contributed by atoms with E-state index in [1.54, 1.807) is 0 Å². The average molecular weight is 425 g/mol. The molecular weight excluding hydrogens is 396 g/mol. The van der Waals surface area contributed by atoms with Crippen molar-refractivity contribution in [1.82, 2.24) is 0 Å². The second-order valence-electron chi connectivity index (χ2n) is 9.84. The number of hydrogen-bond donors (Lipinski definition) is 0. The largest absolute Gasteiger partial charge is 0.0758 e. The SMILES string of the molecule is CC(C)(C1C=Cc2c(-c3ccccc3)cccc21)C1C=Cc2c(-c3ccccc3)cccc21. The second-order valence-corrected chi connectivity index (χ2v) is 9.84. The molecule has 0 saturated carbocycles. The lowest BCUT2D eigenvalue weighted by Crippen LogP contribution is -2.26. The van der Waals surface area contributed by atoms with E-state index < -0.39 is 0 Å². The van der Waals surface area contributed by atoms with E-state index in [0.717, 1.165) is 0 Å². The zero-order valence-corrected chi connectivity index (χ0v) is 19.2. The Kier molecular flexibility index (Phi) is 4.69. The molecule has 2 aliphatic carbocycles. The van der Waals surface area contributed by atoms with E-state index in [-0.39, 0.29) is 5.41 Å². The van der Waals surface area contributed by atoms with Gasteiger partial charge in [-0.1, -0.05) is 135 Å². The molecule has 2 atom stereocenters. The molecule has 0 aliphatic heterocycles. The molecule has 0 fully saturated rings. The molecule has 2 aliphatic rings. The number of hydrogen-bond acceptors (Lipinski definition) is 0. The Morgan fingerprint density at radius 3 is 1.33 bits per heavy atom. The van der Waals surface area contributed by atoms with Crippen LogP contribution < -0.4 is 0 Å². The van der Waals surface area contributed by atoms with Crippen LogP contribution in [0.3, 0.4) is 0 Å². The molecule has 4 aromatic rings. The Hall–Kier alpha value is -3.64. The maximum atomic E-state index is 2.44. The summed E-state index contributed by atoms with van der Waals surface area (Å²) in [7, 11) is 0. The summed E-state index contributed by atoms with van der Waals surface area (Å²) in [5, 5.41) is 0. The first-order valence-corrected chi connectivity index (χ1v) is 11.9. The predicted molar refractivity (Wildman–Crippen MR) is 141 cm³/mol. The molecule has 2 unspecified atom stereocenters. The number of allylic oxidation sites excluding steroid dienone is 2. The third kappa shape index (κ3) is 3.21. The van der Waals surface area contributed by atoms with Crippen LogP contribution in [0.4, 0.5) is 0 Å². The van der Waals surface area contributed by atoms with Crippen LogP contribution >= 0.6 is 0 Å². The van der Waals surface area contributed by atoms with E-state index >= 15 is 0 Å². The van der Waals surface area contributed by atoms with Crippen LogP contribution in [0.5, 0.6) is 0 Å². The van der Waals surface area contributed by atoms with Gasteiger partial charge in [-0.2, -0.15) is 0 Å². The lowest BCUT2D eigenvalue weighted by molar-refractivity contribution is 0.292. The molecule has 4 aromatic carbocycles. The monoisotopic (exact) mass is 424 g/mol. The molecule has 0 spiro atoms. The van der Waals surface area contributed by atoms with Crippen LogP contribution in [0.25, 0.3) is 34.4 Å². The van der Waals surface area contributed by atoms with E-state index in [4.69, 9.17) is 0 Å². The van der Waals surface area contributed by atoms with Gasteiger partial charge in [0.2, 0.25) is 0 Å². The van der Waals surface area contributed by atoms with Gasteiger partial charge in [0.25, 0.3) is 0 Å². The molecule has 160 valence electrons. The minimum atomic E-state index is 0.0497. The number of benzene rings is 4. The quantitative estimate of drug-likeness (QED) is 0.307. The van der Waals surface area contributed by atoms with Gasteiger partial charge in [-0.3, -0.25) is 0 Å². The van der Waals surface area contributed by atoms with Gasteiger partial charge in [-0.15, -0.1) is 0 Å². The van der Waals surface area contributed by atoms with Crippen molar-refractivity contribution in [2.24, 2.45) is 5.41 Å². The van der Waals surface area contributed by atoms with Crippen LogP contribution in [0.1, 0.15) is 47.9 Å². The average Bonchev–Trinajstić information content (AvgIpc) is 3.50. The molecule has 6 rings (SSSR count). The Balaban J connectivity index is 1.40. The minimum absolute atomic E-state index is 0.0497. The van der Waals surface area contributed by atoms with Crippen molar-refractivity contribution in [1.29, 1.82) is 0 Å². The fourth-order valence-electron chi connectivity index (χ4n) is 5.90. The molecule has 0 bridgehead atoms. The normalized spacial score (nSPS) is 18.4. The third-order valence-corrected chi connectivity index (χ3v) is 7.63. The minimum Gasteiger partial charge on any atom is -0.0758 e. The van der Waals surface area contributed by atoms with Crippen LogP contribution in [-0.4, -0.2) is 0 Å². The van der Waals surface area contributed by atoms with E-state index in [0.29, 0.717) is 11.8 Å². The molecule has 0 heterocycles. The first kappa shape index (κ1) is 20.0. The Morgan fingerprint density at radius 2 is 0.909 bits per heavy atom. The van der Waals surface area contributed by atoms with Crippen molar-refractivity contribution < 1.29 is 0 Å². The third-order valence-electron chi connectivity index (χ3n) is 7.63. The molecule has 0 nitrogen and oxygen atoms in total. The molecule has 0 aromatic heterocycles. The Bertz CT molecular complexity index is 1260. The second kappa shape index (κ2) is 7.74. The summed E-state index contributed by atoms with van der Waals surface area (Å²) >= 11 is 0. The van der Waals surface area contributed by atoms with Crippen LogP contribution in [0, 0.1) is 5.41 Å². The molecule has 0 heteroatoms. The van der Waals surface area contributed by atoms with Crippen LogP contribution in [0.15, 0.2) is 109 Å². The lowest BCUT2D eigenvalue weighted by atomic mass is 9.66. The summed E-state index contributed by atoms with van der Waals surface area (Å²) in [5.41, 5.74) is 10.9. The number of fused-ring (bicyclic) bond motifs is 2. The van der Waals surface area contributed by atoms with E-state index in [2.05, 4.69) is 135 Å². The van der Waals surface area contributed by atoms with E-state index in [1.165, 1.54) is 44.5 Å². The first-order valence-electron chi connectivity index (χ1n) is 11.9. The highest BCUT2D eigenvalue weighted by Crippen LogP contribution is 2.55. The van der Waals surface area contributed by atoms with Gasteiger partial charge in [0.05, 0.1) is 0 Å². The Morgan fingerprint density at radius 1 is 0.485 bits per heavy atom. The van der Waals surface area contributed by atoms with Gasteiger partial charge >= 0.3 is 0 Å². The fraction of sp³-hybridized carbons (Fsp3) is 0.152. The summed E-state index contributed by atoms with van der Waals surface area (Å²) in [5.74, 6) is 0.745. The van der Waals surface area contributed by atoms with Gasteiger partial charge in [0.1, 0.15) is 0 Å². The van der Waals surface area contributed by atoms with Crippen molar-refractivity contribution in [3.05, 3.63) is 131 Å². The number of rotatable bonds is 4. The standard InChI is InChI=1S/C33H28/c1-33(2,31-21-19-27-25(15-9-17-29(27)31)23-11-5-3-6-12-23)32-22-20-28-26(16-10-18-30(28)32)24-13-7-4-8-14-24/h3-22,31-32H,1-2H3. The molecule has 33 heavy (non-hydrogen) atoms. The maximum absolute atomic E-state index is 2.44. The zero-order chi connectivity index (χ0) is 22.4. The first-order chi connectivity index (χ1) is 16.1. The van der Waals surface area contributed by atoms with Crippen molar-refractivity contribution in [3.63, 3.8) is 0 Å². The summed E-state index contributed by atoms with van der Waals surface area (Å²) in [6.07, 6.45) is 9.57. The molecule has 0 N–H and O–H groups in total. The molecule has 0 amide bonds. The zero-order valence-electron chi connectivity index (χ0n) is 19.2. The summed E-state index contributed by atoms with van der Waals surface area (Å²) in [4.78, 5) is 0. The summed E-state index contributed by atoms with van der Waals surface area (Å²) in [6.45, 7) is 4.87. The van der Waals surface area contributed by atoms with Gasteiger partial charge in [-0.05, 0) is 49.9 Å². The van der Waals surface area contributed by atoms with E-state index in [1.807, 2.05) is 0 Å². The topological polar surface area (TPSA) is 0 Å². The maximum Gasteiger partial charge on any atom is 0.00875 e. The van der Waals surface area contributed by atoms with Gasteiger partial charge in [0, 0.05) is 11.8 Å². The predicted octanol–water partition coefficient (Wildman–Crippen LogP) is 8.97. The van der Waals surface area contributed by atoms with Crippen molar-refractivity contribution >= 4 is 12.2 Å². The molecule has 0 radical (unpaired) electrons. The lowest BCUT2D eigenvalue weighted by Gasteiger charge is -2.37. The van der Waals surface area contributed by atoms with Crippen molar-refractivity contribution in [3.8, 4) is 22.3 Å². The van der Waals surface area contributed by atoms with Gasteiger partial charge in [0.15, 0.2) is 0 Å². The molecular formula is C33H28. The van der Waals surface area contributed by atoms with Crippen molar-refractivity contribution in [2.75, 3.05) is 0 Å². The smallest absolute Gasteiger partial charge is 0.00875 e. The van der Waals surface area contributed by atoms with Crippen molar-refractivity contribution in [2.45, 2.75) is 25.7 Å². The Labute approximate surface area is 196 Å². The van der Waals surface area contributed by atoms with Gasteiger partial charge < -0.3 is 0 Å². The fourth-order valence-corrected chi connectivity index (χ4v) is 5.90. The van der Waals surface area contributed by atoms with Crippen LogP contribution in [-0.2, 0) is 0 Å².